The first-order valence-corrected chi connectivity index (χ1v) is 9.70. The van der Waals surface area contributed by atoms with Crippen LogP contribution in [0.4, 0.5) is 11.4 Å². The first kappa shape index (κ1) is 21.5. The number of carbonyl (C=O) groups excluding carboxylic acids is 3. The number of amides is 3. The molecule has 0 fully saturated rings. The number of aromatic nitrogens is 2. The maximum absolute atomic E-state index is 12.2. The normalized spacial score (nSPS) is 10.5. The molecule has 1 heterocycles. The number of nitrogens with one attached hydrogen (secondary N) is 1. The number of hydrogen-bond donors (Lipinski definition) is 3. The zero-order chi connectivity index (χ0) is 22.5. The zero-order valence-corrected chi connectivity index (χ0v) is 16.7. The Kier molecular flexibility index (Phi) is 6.31. The molecule has 0 aliphatic heterocycles. The number of primary amides is 2. The Morgan fingerprint density at radius 1 is 1.06 bits per heavy atom. The summed E-state index contributed by atoms with van der Waals surface area (Å²) in [6, 6.07) is 12.0. The second kappa shape index (κ2) is 9.09. The molecule has 12 heteroatoms. The Morgan fingerprint density at radius 3 is 2.35 bits per heavy atom. The second-order valence-corrected chi connectivity index (χ2v) is 7.21. The molecule has 0 radical (unpaired) electrons. The standard InChI is InChI=1S/C19H16N6O5S/c20-18(27)11-1-6-16(15(9-11)25(29)30)31-10-17(26)22-12-2-4-13(5-3-12)24-8-7-14(23-24)19(21)28/h1-9H,10H2,(H2,20,27)(H2,21,28)(H,22,26). The molecule has 0 aliphatic rings. The van der Waals surface area contributed by atoms with E-state index in [9.17, 15) is 24.5 Å². The van der Waals surface area contributed by atoms with Gasteiger partial charge in [-0.05, 0) is 42.5 Å². The van der Waals surface area contributed by atoms with Crippen LogP contribution in [0.3, 0.4) is 0 Å². The van der Waals surface area contributed by atoms with Crippen LogP contribution in [-0.2, 0) is 4.79 Å². The third kappa shape index (κ3) is 5.25. The predicted octanol–water partition coefficient (Wildman–Crippen LogP) is 1.71. The van der Waals surface area contributed by atoms with Gasteiger partial charge in [0, 0.05) is 23.5 Å². The van der Waals surface area contributed by atoms with Gasteiger partial charge in [-0.2, -0.15) is 5.10 Å². The number of benzene rings is 2. The fourth-order valence-electron chi connectivity index (χ4n) is 2.57. The van der Waals surface area contributed by atoms with Crippen LogP contribution in [0.15, 0.2) is 59.6 Å². The molecule has 158 valence electrons. The van der Waals surface area contributed by atoms with E-state index in [2.05, 4.69) is 10.4 Å². The second-order valence-electron chi connectivity index (χ2n) is 6.20. The van der Waals surface area contributed by atoms with Gasteiger partial charge in [0.2, 0.25) is 11.8 Å². The number of nitro groups is 1. The highest BCUT2D eigenvalue weighted by Gasteiger charge is 2.18. The monoisotopic (exact) mass is 440 g/mol. The van der Waals surface area contributed by atoms with Crippen molar-refractivity contribution in [2.24, 2.45) is 11.5 Å². The number of nitrogens with zero attached hydrogens (tertiary/aromatic N) is 3. The summed E-state index contributed by atoms with van der Waals surface area (Å²) >= 11 is 0.965. The average molecular weight is 440 g/mol. The zero-order valence-electron chi connectivity index (χ0n) is 15.8. The van der Waals surface area contributed by atoms with Gasteiger partial charge >= 0.3 is 0 Å². The summed E-state index contributed by atoms with van der Waals surface area (Å²) < 4.78 is 1.47. The van der Waals surface area contributed by atoms with E-state index < -0.39 is 16.7 Å². The lowest BCUT2D eigenvalue weighted by Gasteiger charge is -2.07. The highest BCUT2D eigenvalue weighted by Crippen LogP contribution is 2.30. The van der Waals surface area contributed by atoms with Crippen molar-refractivity contribution in [1.82, 2.24) is 9.78 Å². The van der Waals surface area contributed by atoms with Crippen LogP contribution < -0.4 is 16.8 Å². The highest BCUT2D eigenvalue weighted by molar-refractivity contribution is 8.00. The summed E-state index contributed by atoms with van der Waals surface area (Å²) in [5.74, 6) is -1.87. The van der Waals surface area contributed by atoms with Gasteiger partial charge in [-0.15, -0.1) is 11.8 Å². The lowest BCUT2D eigenvalue weighted by Crippen LogP contribution is -2.14. The number of anilines is 1. The number of rotatable bonds is 8. The SMILES string of the molecule is NC(=O)c1ccc(SCC(=O)Nc2ccc(-n3ccc(C(N)=O)n3)cc2)c([N+](=O)[O-])c1. The first-order valence-electron chi connectivity index (χ1n) is 8.71. The molecule has 0 spiro atoms. The smallest absolute Gasteiger partial charge is 0.283 e. The molecule has 3 aromatic rings. The Bertz CT molecular complexity index is 1170. The molecule has 31 heavy (non-hydrogen) atoms. The number of nitro benzene ring substituents is 1. The van der Waals surface area contributed by atoms with E-state index in [1.165, 1.54) is 22.9 Å². The molecule has 0 saturated heterocycles. The largest absolute Gasteiger partial charge is 0.366 e. The van der Waals surface area contributed by atoms with Gasteiger partial charge in [-0.3, -0.25) is 24.5 Å². The summed E-state index contributed by atoms with van der Waals surface area (Å²) in [5, 5.41) is 18.0. The third-order valence-electron chi connectivity index (χ3n) is 4.06. The van der Waals surface area contributed by atoms with Crippen molar-refractivity contribution in [3.05, 3.63) is 76.1 Å². The van der Waals surface area contributed by atoms with E-state index in [0.717, 1.165) is 17.8 Å². The topological polar surface area (TPSA) is 176 Å². The lowest BCUT2D eigenvalue weighted by molar-refractivity contribution is -0.387. The average Bonchev–Trinajstić information content (AvgIpc) is 3.23. The van der Waals surface area contributed by atoms with Crippen molar-refractivity contribution in [3.63, 3.8) is 0 Å². The predicted molar refractivity (Wildman–Crippen MR) is 113 cm³/mol. The Hall–Kier alpha value is -4.19. The molecule has 0 saturated carbocycles. The van der Waals surface area contributed by atoms with Crippen LogP contribution in [0.25, 0.3) is 5.69 Å². The Morgan fingerprint density at radius 2 is 1.77 bits per heavy atom. The van der Waals surface area contributed by atoms with Gasteiger partial charge in [0.15, 0.2) is 0 Å². The van der Waals surface area contributed by atoms with Crippen LogP contribution in [-0.4, -0.2) is 38.2 Å². The van der Waals surface area contributed by atoms with Gasteiger partial charge in [0.25, 0.3) is 11.6 Å². The number of carbonyl (C=O) groups is 3. The van der Waals surface area contributed by atoms with E-state index in [4.69, 9.17) is 11.5 Å². The quantitative estimate of drug-likeness (QED) is 0.271. The Labute approximate surface area is 179 Å². The van der Waals surface area contributed by atoms with Crippen molar-refractivity contribution >= 4 is 40.9 Å². The van der Waals surface area contributed by atoms with E-state index in [1.54, 1.807) is 30.5 Å². The summed E-state index contributed by atoms with van der Waals surface area (Å²) in [6.45, 7) is 0. The fourth-order valence-corrected chi connectivity index (χ4v) is 3.38. The van der Waals surface area contributed by atoms with Crippen LogP contribution >= 0.6 is 11.8 Å². The summed E-state index contributed by atoms with van der Waals surface area (Å²) in [6.07, 6.45) is 1.58. The van der Waals surface area contributed by atoms with Gasteiger partial charge in [0.05, 0.1) is 21.3 Å². The van der Waals surface area contributed by atoms with Crippen molar-refractivity contribution in [3.8, 4) is 5.69 Å². The molecule has 2 aromatic carbocycles. The molecule has 3 amide bonds. The van der Waals surface area contributed by atoms with Crippen molar-refractivity contribution in [1.29, 1.82) is 0 Å². The number of nitrogens with two attached hydrogens (primary N) is 2. The molecule has 5 N–H and O–H groups in total. The number of hydrogen-bond acceptors (Lipinski definition) is 7. The summed E-state index contributed by atoms with van der Waals surface area (Å²) in [7, 11) is 0. The van der Waals surface area contributed by atoms with E-state index in [1.807, 2.05) is 0 Å². The van der Waals surface area contributed by atoms with Gasteiger partial charge in [-0.1, -0.05) is 0 Å². The minimum Gasteiger partial charge on any atom is -0.366 e. The number of thioether (sulfide) groups is 1. The molecule has 0 atom stereocenters. The first-order chi connectivity index (χ1) is 14.7. The summed E-state index contributed by atoms with van der Waals surface area (Å²) in [4.78, 5) is 45.4. The van der Waals surface area contributed by atoms with Crippen LogP contribution in [0.1, 0.15) is 20.8 Å². The van der Waals surface area contributed by atoms with Crippen LogP contribution in [0.5, 0.6) is 0 Å². The molecule has 0 aliphatic carbocycles. The molecule has 1 aromatic heterocycles. The summed E-state index contributed by atoms with van der Waals surface area (Å²) in [5.41, 5.74) is 11.3. The molecule has 0 bridgehead atoms. The van der Waals surface area contributed by atoms with E-state index >= 15 is 0 Å². The van der Waals surface area contributed by atoms with E-state index in [0.29, 0.717) is 11.4 Å². The van der Waals surface area contributed by atoms with E-state index in [-0.39, 0.29) is 33.5 Å². The molecule has 3 rings (SSSR count). The minimum atomic E-state index is -0.776. The van der Waals surface area contributed by atoms with Crippen LogP contribution in [0, 0.1) is 10.1 Å². The van der Waals surface area contributed by atoms with Crippen molar-refractivity contribution < 1.29 is 19.3 Å². The van der Waals surface area contributed by atoms with Crippen LogP contribution in [0.2, 0.25) is 0 Å². The third-order valence-corrected chi connectivity index (χ3v) is 5.12. The fraction of sp³-hybridized carbons (Fsp3) is 0.0526. The maximum Gasteiger partial charge on any atom is 0.283 e. The highest BCUT2D eigenvalue weighted by atomic mass is 32.2. The Balaban J connectivity index is 1.63. The van der Waals surface area contributed by atoms with Gasteiger partial charge < -0.3 is 16.8 Å². The van der Waals surface area contributed by atoms with Gasteiger partial charge in [0.1, 0.15) is 5.69 Å². The lowest BCUT2D eigenvalue weighted by atomic mass is 10.2. The molecule has 0 unspecified atom stereocenters. The molecule has 11 nitrogen and oxygen atoms in total. The molecular weight excluding hydrogens is 424 g/mol. The van der Waals surface area contributed by atoms with Crippen molar-refractivity contribution in [2.45, 2.75) is 4.90 Å². The van der Waals surface area contributed by atoms with Crippen molar-refractivity contribution in [2.75, 3.05) is 11.1 Å². The van der Waals surface area contributed by atoms with Gasteiger partial charge in [-0.25, -0.2) is 4.68 Å². The maximum atomic E-state index is 12.2. The minimum absolute atomic E-state index is 0.0146. The molecular formula is C19H16N6O5S.